The molecule has 1 atom stereocenters. The maximum atomic E-state index is 14.1. The molecule has 1 aromatic heterocycles. The van der Waals surface area contributed by atoms with Gasteiger partial charge in [0.15, 0.2) is 0 Å². The summed E-state index contributed by atoms with van der Waals surface area (Å²) in [5.74, 6) is -1.97. The van der Waals surface area contributed by atoms with Crippen LogP contribution < -0.4 is 10.1 Å². The number of amides is 1. The first-order valence-corrected chi connectivity index (χ1v) is 8.47. The van der Waals surface area contributed by atoms with Gasteiger partial charge in [0.05, 0.1) is 10.9 Å². The maximum absolute atomic E-state index is 14.1. The van der Waals surface area contributed by atoms with Crippen molar-refractivity contribution < 1.29 is 22.7 Å². The second-order valence-corrected chi connectivity index (χ2v) is 6.46. The van der Waals surface area contributed by atoms with E-state index in [2.05, 4.69) is 15.0 Å². The van der Waals surface area contributed by atoms with Crippen molar-refractivity contribution in [2.75, 3.05) is 5.32 Å². The fourth-order valence-electron chi connectivity index (χ4n) is 3.03. The first-order valence-electron chi connectivity index (χ1n) is 8.10. The number of aromatic nitrogens is 1. The van der Waals surface area contributed by atoms with E-state index in [1.54, 1.807) is 6.07 Å². The molecule has 142 valence electrons. The highest BCUT2D eigenvalue weighted by Gasteiger charge is 2.29. The molecule has 0 fully saturated rings. The first kappa shape index (κ1) is 19.2. The van der Waals surface area contributed by atoms with E-state index < -0.39 is 24.4 Å². The average Bonchev–Trinajstić information content (AvgIpc) is 2.77. The third kappa shape index (κ3) is 4.39. The summed E-state index contributed by atoms with van der Waals surface area (Å²) in [6, 6.07) is 5.48. The van der Waals surface area contributed by atoms with Crippen molar-refractivity contribution in [3.63, 3.8) is 0 Å². The van der Waals surface area contributed by atoms with Crippen LogP contribution in [0.3, 0.4) is 0 Å². The molecule has 0 aliphatic heterocycles. The molecular formula is C18H15ClF3N3O2. The molecular weight excluding hydrogens is 383 g/mol. The summed E-state index contributed by atoms with van der Waals surface area (Å²) < 4.78 is 42.9. The van der Waals surface area contributed by atoms with Crippen LogP contribution in [-0.4, -0.2) is 23.2 Å². The number of alkyl halides is 2. The minimum absolute atomic E-state index is 0.0774. The van der Waals surface area contributed by atoms with Crippen molar-refractivity contribution in [1.29, 1.82) is 5.41 Å². The van der Waals surface area contributed by atoms with Gasteiger partial charge in [-0.05, 0) is 42.7 Å². The largest absolute Gasteiger partial charge is 0.433 e. The topological polar surface area (TPSA) is 75.1 Å². The fourth-order valence-corrected chi connectivity index (χ4v) is 3.25. The normalized spacial score (nSPS) is 16.6. The molecule has 27 heavy (non-hydrogen) atoms. The van der Waals surface area contributed by atoms with Crippen LogP contribution in [0.2, 0.25) is 5.02 Å². The number of nitrogens with one attached hydrogen (secondary N) is 2. The van der Waals surface area contributed by atoms with Crippen molar-refractivity contribution in [1.82, 2.24) is 4.98 Å². The van der Waals surface area contributed by atoms with E-state index in [4.69, 9.17) is 17.0 Å². The molecule has 0 spiro atoms. The summed E-state index contributed by atoms with van der Waals surface area (Å²) in [5.41, 5.74) is 1.36. The molecule has 1 aliphatic carbocycles. The lowest BCUT2D eigenvalue weighted by molar-refractivity contribution is -0.117. The zero-order valence-corrected chi connectivity index (χ0v) is 14.7. The van der Waals surface area contributed by atoms with Crippen LogP contribution in [0.25, 0.3) is 0 Å². The highest BCUT2D eigenvalue weighted by atomic mass is 35.5. The second-order valence-electron chi connectivity index (χ2n) is 6.05. The standard InChI is InChI=1S/C18H15ClF3N3O2/c19-14-8-10(2-4-15(14)27-18(21)22)25-17(26)12-3-1-9(23)7-13-11(12)5-6-24-16(13)20/h2,4-6,8,12,18,23H,1,3,7H2,(H,25,26). The number of carbonyl (C=O) groups excluding carboxylic acids is 1. The van der Waals surface area contributed by atoms with Crippen LogP contribution in [0.5, 0.6) is 5.75 Å². The quantitative estimate of drug-likeness (QED) is 0.587. The Balaban J connectivity index is 1.83. The van der Waals surface area contributed by atoms with Gasteiger partial charge in [0, 0.05) is 29.6 Å². The predicted octanol–water partition coefficient (Wildman–Crippen LogP) is 4.55. The van der Waals surface area contributed by atoms with Crippen LogP contribution in [0, 0.1) is 11.4 Å². The van der Waals surface area contributed by atoms with Crippen molar-refractivity contribution in [3.05, 3.63) is 52.6 Å². The van der Waals surface area contributed by atoms with Gasteiger partial charge in [0.25, 0.3) is 0 Å². The van der Waals surface area contributed by atoms with Crippen molar-refractivity contribution in [2.45, 2.75) is 31.8 Å². The minimum Gasteiger partial charge on any atom is -0.433 e. The first-order chi connectivity index (χ1) is 12.8. The van der Waals surface area contributed by atoms with Gasteiger partial charge in [-0.3, -0.25) is 4.79 Å². The van der Waals surface area contributed by atoms with Crippen LogP contribution in [0.15, 0.2) is 30.5 Å². The third-order valence-corrected chi connectivity index (χ3v) is 4.57. The van der Waals surface area contributed by atoms with Crippen LogP contribution in [0.1, 0.15) is 29.9 Å². The van der Waals surface area contributed by atoms with Gasteiger partial charge in [-0.15, -0.1) is 0 Å². The molecule has 0 radical (unpaired) electrons. The Bertz CT molecular complexity index is 892. The van der Waals surface area contributed by atoms with Crippen molar-refractivity contribution in [3.8, 4) is 5.75 Å². The number of hydrogen-bond acceptors (Lipinski definition) is 4. The Labute approximate surface area is 158 Å². The van der Waals surface area contributed by atoms with Gasteiger partial charge in [-0.25, -0.2) is 4.98 Å². The van der Waals surface area contributed by atoms with E-state index in [0.717, 1.165) is 0 Å². The summed E-state index contributed by atoms with van der Waals surface area (Å²) in [4.78, 5) is 16.4. The van der Waals surface area contributed by atoms with Crippen LogP contribution >= 0.6 is 11.6 Å². The predicted molar refractivity (Wildman–Crippen MR) is 94.3 cm³/mol. The number of nitrogens with zero attached hydrogens (tertiary/aromatic N) is 1. The summed E-state index contributed by atoms with van der Waals surface area (Å²) in [5, 5.41) is 10.5. The third-order valence-electron chi connectivity index (χ3n) is 4.27. The summed E-state index contributed by atoms with van der Waals surface area (Å²) >= 11 is 5.89. The molecule has 2 N–H and O–H groups in total. The van der Waals surface area contributed by atoms with Crippen molar-refractivity contribution >= 4 is 28.9 Å². The Kier molecular flexibility index (Phi) is 5.65. The Morgan fingerprint density at radius 1 is 1.37 bits per heavy atom. The molecule has 0 saturated heterocycles. The van der Waals surface area contributed by atoms with Crippen LogP contribution in [0.4, 0.5) is 18.9 Å². The maximum Gasteiger partial charge on any atom is 0.387 e. The molecule has 1 unspecified atom stereocenters. The van der Waals surface area contributed by atoms with E-state index in [1.807, 2.05) is 0 Å². The second kappa shape index (κ2) is 7.96. The van der Waals surface area contributed by atoms with E-state index in [-0.39, 0.29) is 22.8 Å². The molecule has 3 rings (SSSR count). The van der Waals surface area contributed by atoms with Crippen LogP contribution in [-0.2, 0) is 11.2 Å². The molecule has 1 aromatic carbocycles. The molecule has 1 heterocycles. The van der Waals surface area contributed by atoms with Gasteiger partial charge in [-0.1, -0.05) is 11.6 Å². The number of anilines is 1. The highest BCUT2D eigenvalue weighted by Crippen LogP contribution is 2.33. The Hall–Kier alpha value is -2.61. The molecule has 0 bridgehead atoms. The Morgan fingerprint density at radius 3 is 2.85 bits per heavy atom. The van der Waals surface area contributed by atoms with Gasteiger partial charge in [-0.2, -0.15) is 13.2 Å². The molecule has 1 amide bonds. The minimum atomic E-state index is -3.01. The number of fused-ring (bicyclic) bond motifs is 1. The zero-order chi connectivity index (χ0) is 19.6. The number of pyridine rings is 1. The van der Waals surface area contributed by atoms with E-state index in [0.29, 0.717) is 29.8 Å². The Morgan fingerprint density at radius 2 is 2.15 bits per heavy atom. The van der Waals surface area contributed by atoms with E-state index >= 15 is 0 Å². The number of halogens is 4. The number of hydrogen-bond donors (Lipinski definition) is 2. The SMILES string of the molecule is N=C1CCC(C(=O)Nc2ccc(OC(F)F)c(Cl)c2)c2ccnc(F)c2C1. The molecule has 9 heteroatoms. The van der Waals surface area contributed by atoms with Gasteiger partial charge in [0.1, 0.15) is 5.75 Å². The summed E-state index contributed by atoms with van der Waals surface area (Å²) in [7, 11) is 0. The number of rotatable bonds is 4. The number of benzene rings is 1. The average molecular weight is 398 g/mol. The van der Waals surface area contributed by atoms with E-state index in [9.17, 15) is 18.0 Å². The van der Waals surface area contributed by atoms with Gasteiger partial charge >= 0.3 is 6.61 Å². The zero-order valence-electron chi connectivity index (χ0n) is 13.9. The number of carbonyl (C=O) groups is 1. The monoisotopic (exact) mass is 397 g/mol. The highest BCUT2D eigenvalue weighted by molar-refractivity contribution is 6.32. The molecule has 1 aliphatic rings. The smallest absolute Gasteiger partial charge is 0.387 e. The summed E-state index contributed by atoms with van der Waals surface area (Å²) in [6.07, 6.45) is 2.11. The fraction of sp³-hybridized carbons (Fsp3) is 0.278. The lowest BCUT2D eigenvalue weighted by Crippen LogP contribution is -2.22. The molecule has 5 nitrogen and oxygen atoms in total. The lowest BCUT2D eigenvalue weighted by atomic mass is 9.93. The lowest BCUT2D eigenvalue weighted by Gasteiger charge is -2.17. The number of ether oxygens (including phenoxy) is 1. The summed E-state index contributed by atoms with van der Waals surface area (Å²) in [6.45, 7) is -3.01. The molecule has 0 saturated carbocycles. The van der Waals surface area contributed by atoms with Crippen molar-refractivity contribution in [2.24, 2.45) is 0 Å². The van der Waals surface area contributed by atoms with Gasteiger partial charge in [0.2, 0.25) is 11.9 Å². The van der Waals surface area contributed by atoms with Gasteiger partial charge < -0.3 is 15.5 Å². The van der Waals surface area contributed by atoms with E-state index in [1.165, 1.54) is 24.4 Å². The molecule has 2 aromatic rings.